The molecular weight excluding hydrogens is 188 g/mol. The summed E-state index contributed by atoms with van der Waals surface area (Å²) >= 11 is 0. The van der Waals surface area contributed by atoms with Crippen LogP contribution in [0.15, 0.2) is 29.4 Å². The van der Waals surface area contributed by atoms with E-state index in [2.05, 4.69) is 11.5 Å². The smallest absolute Gasteiger partial charge is 0.118 e. The van der Waals surface area contributed by atoms with Crippen LogP contribution >= 0.6 is 0 Å². The highest BCUT2D eigenvalue weighted by Gasteiger charge is 2.28. The quantitative estimate of drug-likeness (QED) is 0.723. The molecule has 0 spiro atoms. The van der Waals surface area contributed by atoms with Crippen molar-refractivity contribution in [1.29, 1.82) is 0 Å². The lowest BCUT2D eigenvalue weighted by Gasteiger charge is -2.18. The fraction of sp³-hybridized carbons (Fsp3) is 0.500. The van der Waals surface area contributed by atoms with E-state index in [-0.39, 0.29) is 0 Å². The van der Waals surface area contributed by atoms with E-state index < -0.39 is 0 Å². The maximum Gasteiger partial charge on any atom is 0.118 e. The largest absolute Gasteiger partial charge is 0.468 e. The molecule has 82 valence electrons. The summed E-state index contributed by atoms with van der Waals surface area (Å²) < 4.78 is 5.45. The molecule has 0 unspecified atom stereocenters. The van der Waals surface area contributed by atoms with Gasteiger partial charge in [-0.1, -0.05) is 6.08 Å². The molecule has 1 aliphatic carbocycles. The van der Waals surface area contributed by atoms with E-state index in [1.54, 1.807) is 6.26 Å². The summed E-state index contributed by atoms with van der Waals surface area (Å²) in [6.07, 6.45) is 6.30. The van der Waals surface area contributed by atoms with Gasteiger partial charge in [0.05, 0.1) is 12.8 Å². The van der Waals surface area contributed by atoms with E-state index in [1.807, 2.05) is 12.1 Å². The minimum absolute atomic E-state index is 0.550. The van der Waals surface area contributed by atoms with Gasteiger partial charge in [0.15, 0.2) is 0 Å². The predicted molar refractivity (Wildman–Crippen MR) is 60.2 cm³/mol. The first-order chi connectivity index (χ1) is 7.33. The second-order valence-corrected chi connectivity index (χ2v) is 4.07. The summed E-state index contributed by atoms with van der Waals surface area (Å²) in [4.78, 5) is 2.39. The SMILES string of the molecule is C=CCN(Cc1cc(CN)co1)C1CC1. The van der Waals surface area contributed by atoms with E-state index in [9.17, 15) is 0 Å². The van der Waals surface area contributed by atoms with Crippen molar-refractivity contribution in [3.05, 3.63) is 36.3 Å². The van der Waals surface area contributed by atoms with Crippen LogP contribution in [-0.2, 0) is 13.1 Å². The molecule has 1 fully saturated rings. The highest BCUT2D eigenvalue weighted by atomic mass is 16.3. The Bertz CT molecular complexity index is 328. The molecule has 0 bridgehead atoms. The molecule has 1 saturated carbocycles. The summed E-state index contributed by atoms with van der Waals surface area (Å²) in [6.45, 7) is 6.14. The van der Waals surface area contributed by atoms with Gasteiger partial charge in [0, 0.05) is 24.7 Å². The van der Waals surface area contributed by atoms with E-state index in [1.165, 1.54) is 12.8 Å². The molecule has 3 nitrogen and oxygen atoms in total. The van der Waals surface area contributed by atoms with Gasteiger partial charge in [-0.2, -0.15) is 0 Å². The molecule has 2 N–H and O–H groups in total. The van der Waals surface area contributed by atoms with Crippen molar-refractivity contribution < 1.29 is 4.42 Å². The van der Waals surface area contributed by atoms with Gasteiger partial charge in [0.2, 0.25) is 0 Å². The third-order valence-electron chi connectivity index (χ3n) is 2.73. The molecule has 1 aliphatic rings. The number of rotatable bonds is 6. The minimum Gasteiger partial charge on any atom is -0.468 e. The zero-order valence-corrected chi connectivity index (χ0v) is 8.98. The second-order valence-electron chi connectivity index (χ2n) is 4.07. The Kier molecular flexibility index (Phi) is 3.23. The van der Waals surface area contributed by atoms with Crippen molar-refractivity contribution in [2.75, 3.05) is 6.54 Å². The molecule has 0 atom stereocenters. The van der Waals surface area contributed by atoms with Crippen LogP contribution in [0.5, 0.6) is 0 Å². The van der Waals surface area contributed by atoms with Gasteiger partial charge < -0.3 is 10.2 Å². The topological polar surface area (TPSA) is 42.4 Å². The normalized spacial score (nSPS) is 15.9. The minimum atomic E-state index is 0.550. The van der Waals surface area contributed by atoms with E-state index in [0.717, 1.165) is 30.5 Å². The van der Waals surface area contributed by atoms with Crippen molar-refractivity contribution in [3.63, 3.8) is 0 Å². The third kappa shape index (κ3) is 2.70. The summed E-state index contributed by atoms with van der Waals surface area (Å²) in [7, 11) is 0. The average Bonchev–Trinajstić information content (AvgIpc) is 2.99. The van der Waals surface area contributed by atoms with Crippen molar-refractivity contribution in [2.45, 2.75) is 32.0 Å². The lowest BCUT2D eigenvalue weighted by Crippen LogP contribution is -2.25. The van der Waals surface area contributed by atoms with Gasteiger partial charge in [-0.05, 0) is 18.9 Å². The Hall–Kier alpha value is -1.06. The first kappa shape index (κ1) is 10.5. The standard InChI is InChI=1S/C12H18N2O/c1-2-5-14(11-3-4-11)8-12-6-10(7-13)9-15-12/h2,6,9,11H,1,3-5,7-8,13H2. The van der Waals surface area contributed by atoms with Gasteiger partial charge >= 0.3 is 0 Å². The maximum absolute atomic E-state index is 5.54. The van der Waals surface area contributed by atoms with E-state index in [4.69, 9.17) is 10.2 Å². The first-order valence-electron chi connectivity index (χ1n) is 5.44. The van der Waals surface area contributed by atoms with E-state index in [0.29, 0.717) is 6.54 Å². The molecule has 0 amide bonds. The lowest BCUT2D eigenvalue weighted by molar-refractivity contribution is 0.258. The maximum atomic E-state index is 5.54. The predicted octanol–water partition coefficient (Wildman–Crippen LogP) is 1.89. The molecule has 1 aromatic heterocycles. The van der Waals surface area contributed by atoms with Crippen molar-refractivity contribution in [1.82, 2.24) is 4.90 Å². The van der Waals surface area contributed by atoms with Crippen LogP contribution in [0.3, 0.4) is 0 Å². The molecule has 1 heterocycles. The Morgan fingerprint density at radius 1 is 1.60 bits per heavy atom. The molecule has 0 radical (unpaired) electrons. The average molecular weight is 206 g/mol. The summed E-state index contributed by atoms with van der Waals surface area (Å²) in [5.74, 6) is 1.00. The molecule has 2 rings (SSSR count). The molecular formula is C12H18N2O. The zero-order valence-electron chi connectivity index (χ0n) is 8.98. The van der Waals surface area contributed by atoms with Gasteiger partial charge in [0.1, 0.15) is 5.76 Å². The van der Waals surface area contributed by atoms with Crippen LogP contribution in [0.2, 0.25) is 0 Å². The monoisotopic (exact) mass is 206 g/mol. The van der Waals surface area contributed by atoms with Crippen LogP contribution in [0.25, 0.3) is 0 Å². The molecule has 15 heavy (non-hydrogen) atoms. The summed E-state index contributed by atoms with van der Waals surface area (Å²) in [5.41, 5.74) is 6.60. The Labute approximate surface area is 90.5 Å². The van der Waals surface area contributed by atoms with Crippen LogP contribution in [0.1, 0.15) is 24.2 Å². The van der Waals surface area contributed by atoms with E-state index >= 15 is 0 Å². The van der Waals surface area contributed by atoms with Crippen LogP contribution in [0.4, 0.5) is 0 Å². The first-order valence-corrected chi connectivity index (χ1v) is 5.44. The number of nitrogens with zero attached hydrogens (tertiary/aromatic N) is 1. The molecule has 3 heteroatoms. The summed E-state index contributed by atoms with van der Waals surface area (Å²) in [6, 6.07) is 2.77. The van der Waals surface area contributed by atoms with Gasteiger partial charge in [0.25, 0.3) is 0 Å². The molecule has 1 aromatic rings. The molecule has 0 aromatic carbocycles. The fourth-order valence-corrected chi connectivity index (χ4v) is 1.76. The van der Waals surface area contributed by atoms with Crippen molar-refractivity contribution in [3.8, 4) is 0 Å². The van der Waals surface area contributed by atoms with Crippen LogP contribution < -0.4 is 5.73 Å². The van der Waals surface area contributed by atoms with Gasteiger partial charge in [-0.3, -0.25) is 4.90 Å². The van der Waals surface area contributed by atoms with Crippen molar-refractivity contribution in [2.24, 2.45) is 5.73 Å². The van der Waals surface area contributed by atoms with Crippen LogP contribution in [0, 0.1) is 0 Å². The van der Waals surface area contributed by atoms with Gasteiger partial charge in [-0.25, -0.2) is 0 Å². The molecule has 0 aliphatic heterocycles. The number of hydrogen-bond donors (Lipinski definition) is 1. The van der Waals surface area contributed by atoms with Crippen molar-refractivity contribution >= 4 is 0 Å². The van der Waals surface area contributed by atoms with Gasteiger partial charge in [-0.15, -0.1) is 6.58 Å². The highest BCUT2D eigenvalue weighted by Crippen LogP contribution is 2.28. The Morgan fingerprint density at radius 2 is 2.40 bits per heavy atom. The second kappa shape index (κ2) is 4.64. The zero-order chi connectivity index (χ0) is 10.7. The third-order valence-corrected chi connectivity index (χ3v) is 2.73. The highest BCUT2D eigenvalue weighted by molar-refractivity contribution is 5.12. The number of furan rings is 1. The summed E-state index contributed by atoms with van der Waals surface area (Å²) in [5, 5.41) is 0. The fourth-order valence-electron chi connectivity index (χ4n) is 1.76. The Balaban J connectivity index is 1.95. The number of nitrogens with two attached hydrogens (primary N) is 1. The Morgan fingerprint density at radius 3 is 2.93 bits per heavy atom. The van der Waals surface area contributed by atoms with Crippen LogP contribution in [-0.4, -0.2) is 17.5 Å². The number of hydrogen-bond acceptors (Lipinski definition) is 3. The molecule has 0 saturated heterocycles. The lowest BCUT2D eigenvalue weighted by atomic mass is 10.3.